The van der Waals surface area contributed by atoms with Gasteiger partial charge in [0.15, 0.2) is 0 Å². The van der Waals surface area contributed by atoms with Crippen molar-refractivity contribution in [3.8, 4) is 17.6 Å². The summed E-state index contributed by atoms with van der Waals surface area (Å²) in [6, 6.07) is 11.5. The smallest absolute Gasteiger partial charge is 0.308 e. The molecular formula is C35H40ClN3O5S. The molecule has 4 aliphatic rings. The fourth-order valence-corrected chi connectivity index (χ4v) is 9.10. The van der Waals surface area contributed by atoms with Gasteiger partial charge in [0, 0.05) is 36.2 Å². The van der Waals surface area contributed by atoms with Gasteiger partial charge in [-0.1, -0.05) is 35.7 Å². The van der Waals surface area contributed by atoms with Crippen LogP contribution in [0.1, 0.15) is 66.9 Å². The summed E-state index contributed by atoms with van der Waals surface area (Å²) in [6.07, 6.45) is 10.4. The molecule has 10 heteroatoms. The van der Waals surface area contributed by atoms with Crippen LogP contribution in [0.2, 0.25) is 5.02 Å². The normalized spacial score (nSPS) is 30.2. The van der Waals surface area contributed by atoms with Crippen molar-refractivity contribution >= 4 is 39.0 Å². The van der Waals surface area contributed by atoms with E-state index in [1.165, 1.54) is 18.1 Å². The zero-order chi connectivity index (χ0) is 31.6. The second-order valence-corrected chi connectivity index (χ2v) is 15.1. The Labute approximate surface area is 271 Å². The van der Waals surface area contributed by atoms with Crippen molar-refractivity contribution in [2.45, 2.75) is 63.4 Å². The number of benzene rings is 2. The highest BCUT2D eigenvalue weighted by atomic mass is 35.5. The van der Waals surface area contributed by atoms with E-state index in [0.717, 1.165) is 55.9 Å². The summed E-state index contributed by atoms with van der Waals surface area (Å²) in [5.74, 6) is 4.98. The number of anilines is 1. The molecule has 2 aromatic rings. The highest BCUT2D eigenvalue weighted by Gasteiger charge is 2.44. The number of aryl methyl sites for hydroxylation is 1. The fraction of sp³-hybridized carbons (Fsp3) is 0.486. The van der Waals surface area contributed by atoms with Crippen LogP contribution in [0.3, 0.4) is 0 Å². The summed E-state index contributed by atoms with van der Waals surface area (Å²) in [7, 11) is -1.66. The molecule has 1 saturated carbocycles. The third-order valence-electron chi connectivity index (χ3n) is 9.75. The van der Waals surface area contributed by atoms with Crippen LogP contribution < -0.4 is 14.4 Å². The molecule has 0 radical (unpaired) electrons. The van der Waals surface area contributed by atoms with Crippen LogP contribution in [-0.4, -0.2) is 54.7 Å². The monoisotopic (exact) mass is 649 g/mol. The minimum Gasteiger partial charge on any atom is -0.490 e. The molecule has 0 aromatic heterocycles. The number of methoxy groups -OCH3 is 1. The van der Waals surface area contributed by atoms with E-state index in [-0.39, 0.29) is 17.3 Å². The van der Waals surface area contributed by atoms with Crippen molar-refractivity contribution in [1.82, 2.24) is 4.72 Å². The molecule has 6 rings (SSSR count). The topological polar surface area (TPSA) is 97.3 Å². The molecule has 0 saturated heterocycles. The Hall–Kier alpha value is -3.32. The number of nitrogens with one attached hydrogen (secondary N) is 1. The van der Waals surface area contributed by atoms with Gasteiger partial charge in [0.25, 0.3) is 5.91 Å². The molecule has 8 nitrogen and oxygen atoms in total. The maximum Gasteiger partial charge on any atom is 0.308 e. The molecule has 1 spiro atoms. The predicted molar refractivity (Wildman–Crippen MR) is 177 cm³/mol. The summed E-state index contributed by atoms with van der Waals surface area (Å²) in [4.78, 5) is 28.3. The van der Waals surface area contributed by atoms with Crippen LogP contribution in [0, 0.1) is 23.7 Å². The number of amides is 2. The quantitative estimate of drug-likeness (QED) is 0.323. The maximum absolute atomic E-state index is 13.8. The van der Waals surface area contributed by atoms with Crippen LogP contribution >= 0.6 is 11.6 Å². The van der Waals surface area contributed by atoms with E-state index in [2.05, 4.69) is 44.0 Å². The first-order valence-corrected chi connectivity index (χ1v) is 17.8. The molecule has 45 heavy (non-hydrogen) atoms. The second kappa shape index (κ2) is 13.2. The summed E-state index contributed by atoms with van der Waals surface area (Å²) >= 11 is 6.42. The summed E-state index contributed by atoms with van der Waals surface area (Å²) in [5, 5.41) is 0.742. The molecule has 1 fully saturated rings. The Morgan fingerprint density at radius 2 is 2.09 bits per heavy atom. The fourth-order valence-electron chi connectivity index (χ4n) is 7.40. The van der Waals surface area contributed by atoms with Crippen LogP contribution in [0.25, 0.3) is 0 Å². The van der Waals surface area contributed by atoms with Crippen molar-refractivity contribution in [3.05, 3.63) is 70.3 Å². The molecule has 1 N–H and O–H groups in total. The van der Waals surface area contributed by atoms with E-state index >= 15 is 0 Å². The second-order valence-electron chi connectivity index (χ2n) is 12.6. The Morgan fingerprint density at radius 1 is 1.22 bits per heavy atom. The van der Waals surface area contributed by atoms with Crippen molar-refractivity contribution in [2.75, 3.05) is 37.5 Å². The van der Waals surface area contributed by atoms with Gasteiger partial charge in [-0.05, 0) is 111 Å². The van der Waals surface area contributed by atoms with Gasteiger partial charge < -0.3 is 14.4 Å². The summed E-state index contributed by atoms with van der Waals surface area (Å²) in [5.41, 5.74) is 3.42. The molecule has 2 amide bonds. The van der Waals surface area contributed by atoms with Gasteiger partial charge in [0.05, 0.1) is 24.2 Å². The van der Waals surface area contributed by atoms with Crippen molar-refractivity contribution < 1.29 is 23.3 Å². The number of carbonyl (C=O) groups is 2. The number of ether oxygens (including phenoxy) is 2. The first kappa shape index (κ1) is 31.7. The zero-order valence-corrected chi connectivity index (χ0v) is 27.4. The van der Waals surface area contributed by atoms with Gasteiger partial charge in [0.1, 0.15) is 15.7 Å². The molecule has 2 aliphatic carbocycles. The predicted octanol–water partition coefficient (Wildman–Crippen LogP) is 5.87. The number of rotatable bonds is 2. The first-order valence-electron chi connectivity index (χ1n) is 15.8. The van der Waals surface area contributed by atoms with E-state index in [1.54, 1.807) is 13.2 Å². The third kappa shape index (κ3) is 6.65. The van der Waals surface area contributed by atoms with Gasteiger partial charge in [-0.25, -0.2) is 4.21 Å². The van der Waals surface area contributed by atoms with Crippen molar-refractivity contribution in [2.24, 2.45) is 16.2 Å². The van der Waals surface area contributed by atoms with E-state index in [9.17, 15) is 13.8 Å². The van der Waals surface area contributed by atoms with Gasteiger partial charge in [-0.15, -0.1) is 4.36 Å². The van der Waals surface area contributed by atoms with Crippen molar-refractivity contribution in [1.29, 1.82) is 0 Å². The van der Waals surface area contributed by atoms with Gasteiger partial charge in [0.2, 0.25) is 0 Å². The summed E-state index contributed by atoms with van der Waals surface area (Å²) < 4.78 is 32.9. The first-order chi connectivity index (χ1) is 21.7. The van der Waals surface area contributed by atoms with Gasteiger partial charge in [-0.3, -0.25) is 14.3 Å². The largest absolute Gasteiger partial charge is 0.490 e. The lowest BCUT2D eigenvalue weighted by Crippen LogP contribution is -2.49. The standard InChI is InChI=1S/C35H40ClN3O5S/c1-3-8-33(40)37-45(42)18-6-4-5-10-31(43-2)28-14-11-26(28)21-39-22-35(17-7-9-24-19-27(36)13-15-29(24)35)23-44-32-16-12-25(20-30(32)39)34(41)38-45/h5,10,12-13,15-16,19-20,26,28,31H,4,6-7,9,11,14,17-18,21-23H2,1-2H3,(H,37,38,40,41,42)/b10-5+/t26-,28+,31-,35-,45+/m0/s1. The lowest BCUT2D eigenvalue weighted by atomic mass is 9.68. The Kier molecular flexibility index (Phi) is 9.28. The van der Waals surface area contributed by atoms with Gasteiger partial charge >= 0.3 is 5.91 Å². The van der Waals surface area contributed by atoms with E-state index in [1.807, 2.05) is 24.3 Å². The van der Waals surface area contributed by atoms with Crippen LogP contribution in [0.5, 0.6) is 5.75 Å². The minimum atomic E-state index is -3.41. The number of allylic oxidation sites excluding steroid dienone is 1. The highest BCUT2D eigenvalue weighted by molar-refractivity contribution is 7.92. The van der Waals surface area contributed by atoms with Crippen LogP contribution in [-0.2, 0) is 31.3 Å². The average molecular weight is 650 g/mol. The van der Waals surface area contributed by atoms with E-state index in [4.69, 9.17) is 21.1 Å². The van der Waals surface area contributed by atoms with E-state index < -0.39 is 21.7 Å². The Bertz CT molecular complexity index is 1700. The zero-order valence-electron chi connectivity index (χ0n) is 25.9. The SMILES string of the molecule is CC#CC(=O)N[S@@]1(=O)=NC(=O)c2ccc3c(c2)N(C[C@@H]2CC[C@H]2[C@@H](OC)/C=C/CCC1)C[C@@]1(CCCc2cc(Cl)ccc21)CO3. The van der Waals surface area contributed by atoms with E-state index in [0.29, 0.717) is 42.6 Å². The lowest BCUT2D eigenvalue weighted by Gasteiger charge is -2.46. The Morgan fingerprint density at radius 3 is 2.87 bits per heavy atom. The lowest BCUT2D eigenvalue weighted by molar-refractivity contribution is -0.114. The number of hydrogen-bond acceptors (Lipinski definition) is 6. The highest BCUT2D eigenvalue weighted by Crippen LogP contribution is 2.47. The molecule has 238 valence electrons. The molecular weight excluding hydrogens is 610 g/mol. The number of fused-ring (bicyclic) bond motifs is 4. The number of nitrogens with zero attached hydrogens (tertiary/aromatic N) is 2. The molecule has 5 atom stereocenters. The maximum atomic E-state index is 13.8. The number of halogens is 1. The summed E-state index contributed by atoms with van der Waals surface area (Å²) in [6.45, 7) is 3.55. The van der Waals surface area contributed by atoms with Crippen LogP contribution in [0.4, 0.5) is 5.69 Å². The molecule has 2 heterocycles. The molecule has 2 aromatic carbocycles. The number of carbonyl (C=O) groups excluding carboxylic acids is 2. The molecule has 2 aliphatic heterocycles. The van der Waals surface area contributed by atoms with Gasteiger partial charge in [-0.2, -0.15) is 0 Å². The Balaban J connectivity index is 1.44. The van der Waals surface area contributed by atoms with Crippen molar-refractivity contribution in [3.63, 3.8) is 0 Å². The van der Waals surface area contributed by atoms with Crippen LogP contribution in [0.15, 0.2) is 52.9 Å². The molecule has 0 unspecified atom stereocenters. The number of hydrogen-bond donors (Lipinski definition) is 1. The minimum absolute atomic E-state index is 0.0238. The molecule has 2 bridgehead atoms. The average Bonchev–Trinajstić information content (AvgIpc) is 3.14. The third-order valence-corrected chi connectivity index (χ3v) is 11.8.